The van der Waals surface area contributed by atoms with Gasteiger partial charge in [-0.3, -0.25) is 0 Å². The zero-order chi connectivity index (χ0) is 13.5. The van der Waals surface area contributed by atoms with Crippen molar-refractivity contribution in [2.75, 3.05) is 13.1 Å². The monoisotopic (exact) mass is 257 g/mol. The molecular weight excluding hydrogens is 238 g/mol. The molecule has 19 heavy (non-hydrogen) atoms. The maximum Gasteiger partial charge on any atom is 0.318 e. The normalized spacial score (nSPS) is 17.1. The lowest BCUT2D eigenvalue weighted by Gasteiger charge is -2.22. The number of urea groups is 1. The second kappa shape index (κ2) is 6.79. The molecule has 1 heterocycles. The molecule has 1 aliphatic rings. The van der Waals surface area contributed by atoms with Crippen molar-refractivity contribution < 1.29 is 4.79 Å². The fourth-order valence-electron chi connectivity index (χ4n) is 2.32. The third kappa shape index (κ3) is 3.72. The zero-order valence-electron chi connectivity index (χ0n) is 11.0. The van der Waals surface area contributed by atoms with Crippen LogP contribution in [0.15, 0.2) is 30.3 Å². The number of nitrogens with one attached hydrogen (secondary N) is 1. The van der Waals surface area contributed by atoms with Gasteiger partial charge in [0.1, 0.15) is 6.04 Å². The maximum atomic E-state index is 12.2. The molecule has 1 aliphatic heterocycles. The molecule has 4 heteroatoms. The highest BCUT2D eigenvalue weighted by Crippen LogP contribution is 2.14. The SMILES string of the molecule is N#CC(NC(=O)N1CCCCCC1)c1ccccc1. The van der Waals surface area contributed by atoms with Crippen LogP contribution in [0.2, 0.25) is 0 Å². The van der Waals surface area contributed by atoms with Crippen LogP contribution in [-0.4, -0.2) is 24.0 Å². The molecule has 4 nitrogen and oxygen atoms in total. The molecule has 1 atom stereocenters. The number of benzene rings is 1. The average Bonchev–Trinajstić information content (AvgIpc) is 2.74. The maximum absolute atomic E-state index is 12.2. The van der Waals surface area contributed by atoms with Crippen LogP contribution in [0.5, 0.6) is 0 Å². The smallest absolute Gasteiger partial charge is 0.318 e. The van der Waals surface area contributed by atoms with Crippen molar-refractivity contribution in [1.82, 2.24) is 10.2 Å². The van der Waals surface area contributed by atoms with Gasteiger partial charge in [0.2, 0.25) is 0 Å². The molecule has 100 valence electrons. The highest BCUT2D eigenvalue weighted by Gasteiger charge is 2.19. The molecule has 0 radical (unpaired) electrons. The number of likely N-dealkylation sites (tertiary alicyclic amines) is 1. The van der Waals surface area contributed by atoms with Crippen LogP contribution in [0.25, 0.3) is 0 Å². The molecule has 0 saturated carbocycles. The van der Waals surface area contributed by atoms with Crippen molar-refractivity contribution >= 4 is 6.03 Å². The zero-order valence-corrected chi connectivity index (χ0v) is 11.0. The van der Waals surface area contributed by atoms with Crippen LogP contribution in [0.3, 0.4) is 0 Å². The standard InChI is InChI=1S/C15H19N3O/c16-12-14(13-8-4-3-5-9-13)17-15(19)18-10-6-1-2-7-11-18/h3-5,8-9,14H,1-2,6-7,10-11H2,(H,17,19). The van der Waals surface area contributed by atoms with Gasteiger partial charge in [-0.1, -0.05) is 43.2 Å². The number of nitriles is 1. The molecule has 1 aromatic rings. The Labute approximate surface area is 114 Å². The molecule has 2 rings (SSSR count). The number of rotatable bonds is 2. The summed E-state index contributed by atoms with van der Waals surface area (Å²) in [5.41, 5.74) is 0.827. The Kier molecular flexibility index (Phi) is 4.79. The van der Waals surface area contributed by atoms with E-state index in [0.29, 0.717) is 0 Å². The third-order valence-corrected chi connectivity index (χ3v) is 3.42. The summed E-state index contributed by atoms with van der Waals surface area (Å²) in [7, 11) is 0. The first kappa shape index (κ1) is 13.4. The van der Waals surface area contributed by atoms with Gasteiger partial charge in [-0.15, -0.1) is 0 Å². The minimum Gasteiger partial charge on any atom is -0.325 e. The predicted octanol–water partition coefficient (Wildman–Crippen LogP) is 2.84. The lowest BCUT2D eigenvalue weighted by Crippen LogP contribution is -2.41. The highest BCUT2D eigenvalue weighted by atomic mass is 16.2. The summed E-state index contributed by atoms with van der Waals surface area (Å²) < 4.78 is 0. The fourth-order valence-corrected chi connectivity index (χ4v) is 2.32. The molecule has 0 bridgehead atoms. The number of amides is 2. The minimum atomic E-state index is -0.572. The predicted molar refractivity (Wildman–Crippen MR) is 73.4 cm³/mol. The van der Waals surface area contributed by atoms with Crippen molar-refractivity contribution in [1.29, 1.82) is 5.26 Å². The molecule has 1 aromatic carbocycles. The van der Waals surface area contributed by atoms with E-state index in [9.17, 15) is 10.1 Å². The largest absolute Gasteiger partial charge is 0.325 e. The number of carbonyl (C=O) groups is 1. The molecule has 1 unspecified atom stereocenters. The molecule has 1 fully saturated rings. The molecular formula is C15H19N3O. The van der Waals surface area contributed by atoms with E-state index in [1.807, 2.05) is 35.2 Å². The number of carbonyl (C=O) groups excluding carboxylic acids is 1. The Hall–Kier alpha value is -2.02. The molecule has 2 amide bonds. The topological polar surface area (TPSA) is 56.1 Å². The average molecular weight is 257 g/mol. The molecule has 0 aliphatic carbocycles. The first-order chi connectivity index (χ1) is 9.31. The summed E-state index contributed by atoms with van der Waals surface area (Å²) >= 11 is 0. The molecule has 0 aromatic heterocycles. The van der Waals surface area contributed by atoms with E-state index in [4.69, 9.17) is 0 Å². The Morgan fingerprint density at radius 2 is 1.79 bits per heavy atom. The quantitative estimate of drug-likeness (QED) is 0.885. The summed E-state index contributed by atoms with van der Waals surface area (Å²) in [6.07, 6.45) is 4.47. The summed E-state index contributed by atoms with van der Waals surface area (Å²) in [4.78, 5) is 14.0. The van der Waals surface area contributed by atoms with Gasteiger partial charge in [0.05, 0.1) is 6.07 Å². The van der Waals surface area contributed by atoms with E-state index >= 15 is 0 Å². The van der Waals surface area contributed by atoms with Gasteiger partial charge in [0.25, 0.3) is 0 Å². The van der Waals surface area contributed by atoms with E-state index < -0.39 is 6.04 Å². The van der Waals surface area contributed by atoms with Gasteiger partial charge in [0.15, 0.2) is 0 Å². The van der Waals surface area contributed by atoms with Crippen LogP contribution in [0.1, 0.15) is 37.3 Å². The second-order valence-corrected chi connectivity index (χ2v) is 4.82. The van der Waals surface area contributed by atoms with Crippen LogP contribution < -0.4 is 5.32 Å². The van der Waals surface area contributed by atoms with E-state index in [1.54, 1.807) is 0 Å². The van der Waals surface area contributed by atoms with Crippen molar-refractivity contribution in [3.8, 4) is 6.07 Å². The van der Waals surface area contributed by atoms with E-state index in [0.717, 1.165) is 31.5 Å². The Morgan fingerprint density at radius 1 is 1.16 bits per heavy atom. The first-order valence-electron chi connectivity index (χ1n) is 6.81. The Morgan fingerprint density at radius 3 is 2.37 bits per heavy atom. The molecule has 1 saturated heterocycles. The van der Waals surface area contributed by atoms with E-state index in [1.165, 1.54) is 12.8 Å². The Balaban J connectivity index is 1.98. The van der Waals surface area contributed by atoms with Gasteiger partial charge in [-0.25, -0.2) is 4.79 Å². The van der Waals surface area contributed by atoms with Crippen molar-refractivity contribution in [3.63, 3.8) is 0 Å². The van der Waals surface area contributed by atoms with Gasteiger partial charge >= 0.3 is 6.03 Å². The van der Waals surface area contributed by atoms with Crippen molar-refractivity contribution in [2.24, 2.45) is 0 Å². The summed E-state index contributed by atoms with van der Waals surface area (Å²) in [5.74, 6) is 0. The van der Waals surface area contributed by atoms with Gasteiger partial charge < -0.3 is 10.2 Å². The first-order valence-corrected chi connectivity index (χ1v) is 6.81. The number of hydrogen-bond donors (Lipinski definition) is 1. The highest BCUT2D eigenvalue weighted by molar-refractivity contribution is 5.75. The minimum absolute atomic E-state index is 0.127. The number of nitrogens with zero attached hydrogens (tertiary/aromatic N) is 2. The van der Waals surface area contributed by atoms with E-state index in [-0.39, 0.29) is 6.03 Å². The van der Waals surface area contributed by atoms with Crippen LogP contribution in [-0.2, 0) is 0 Å². The summed E-state index contributed by atoms with van der Waals surface area (Å²) in [6, 6.07) is 10.8. The van der Waals surface area contributed by atoms with Crippen LogP contribution in [0.4, 0.5) is 4.79 Å². The van der Waals surface area contributed by atoms with Gasteiger partial charge in [-0.2, -0.15) is 5.26 Å². The molecule has 1 N–H and O–H groups in total. The van der Waals surface area contributed by atoms with Gasteiger partial charge in [-0.05, 0) is 18.4 Å². The van der Waals surface area contributed by atoms with Crippen molar-refractivity contribution in [3.05, 3.63) is 35.9 Å². The molecule has 0 spiro atoms. The summed E-state index contributed by atoms with van der Waals surface area (Å²) in [5, 5.41) is 12.0. The van der Waals surface area contributed by atoms with Gasteiger partial charge in [0, 0.05) is 13.1 Å². The Bertz CT molecular complexity index is 444. The third-order valence-electron chi connectivity index (χ3n) is 3.42. The summed E-state index contributed by atoms with van der Waals surface area (Å²) in [6.45, 7) is 1.58. The van der Waals surface area contributed by atoms with Crippen molar-refractivity contribution in [2.45, 2.75) is 31.7 Å². The van der Waals surface area contributed by atoms with Crippen LogP contribution >= 0.6 is 0 Å². The fraction of sp³-hybridized carbons (Fsp3) is 0.467. The lowest BCUT2D eigenvalue weighted by molar-refractivity contribution is 0.198. The lowest BCUT2D eigenvalue weighted by atomic mass is 10.1. The van der Waals surface area contributed by atoms with Crippen LogP contribution in [0, 0.1) is 11.3 Å². The second-order valence-electron chi connectivity index (χ2n) is 4.82. The van der Waals surface area contributed by atoms with E-state index in [2.05, 4.69) is 11.4 Å². The number of hydrogen-bond acceptors (Lipinski definition) is 2.